The molecule has 1 aromatic rings. The second kappa shape index (κ2) is 9.04. The number of hydrogen-bond donors (Lipinski definition) is 1. The molecule has 0 fully saturated rings. The molecule has 4 heteroatoms. The first-order valence-electron chi connectivity index (χ1n) is 6.97. The van der Waals surface area contributed by atoms with Crippen LogP contribution in [0.3, 0.4) is 0 Å². The van der Waals surface area contributed by atoms with Crippen LogP contribution >= 0.6 is 23.2 Å². The second-order valence-corrected chi connectivity index (χ2v) is 5.69. The summed E-state index contributed by atoms with van der Waals surface area (Å²) in [6.07, 6.45) is 7.65. The van der Waals surface area contributed by atoms with Gasteiger partial charge < -0.3 is 5.32 Å². The molecular formula is C16H21Cl2NO. The minimum Gasteiger partial charge on any atom is -0.350 e. The van der Waals surface area contributed by atoms with Crippen molar-refractivity contribution in [3.05, 3.63) is 39.9 Å². The van der Waals surface area contributed by atoms with Crippen molar-refractivity contribution >= 4 is 35.2 Å². The fourth-order valence-corrected chi connectivity index (χ4v) is 2.42. The summed E-state index contributed by atoms with van der Waals surface area (Å²) in [7, 11) is 0. The minimum absolute atomic E-state index is 0.120. The Kier molecular flexibility index (Phi) is 7.71. The first-order chi connectivity index (χ1) is 9.54. The molecule has 0 aliphatic heterocycles. The van der Waals surface area contributed by atoms with Gasteiger partial charge in [-0.05, 0) is 31.6 Å². The van der Waals surface area contributed by atoms with Gasteiger partial charge >= 0.3 is 0 Å². The first-order valence-corrected chi connectivity index (χ1v) is 7.72. The molecule has 0 bridgehead atoms. The summed E-state index contributed by atoms with van der Waals surface area (Å²) in [4.78, 5) is 11.8. The van der Waals surface area contributed by atoms with Crippen LogP contribution in [0.1, 0.15) is 45.1 Å². The van der Waals surface area contributed by atoms with Crippen molar-refractivity contribution in [2.24, 2.45) is 0 Å². The van der Waals surface area contributed by atoms with Crippen LogP contribution in [0, 0.1) is 0 Å². The van der Waals surface area contributed by atoms with Gasteiger partial charge in [-0.1, -0.05) is 55.5 Å². The van der Waals surface area contributed by atoms with Crippen LogP contribution in [0.15, 0.2) is 24.3 Å². The number of nitrogens with one attached hydrogen (secondary N) is 1. The van der Waals surface area contributed by atoms with Crippen molar-refractivity contribution in [1.29, 1.82) is 0 Å². The molecule has 0 heterocycles. The average molecular weight is 314 g/mol. The lowest BCUT2D eigenvalue weighted by Crippen LogP contribution is -2.30. The highest BCUT2D eigenvalue weighted by atomic mass is 35.5. The Morgan fingerprint density at radius 3 is 2.55 bits per heavy atom. The van der Waals surface area contributed by atoms with E-state index in [0.29, 0.717) is 15.6 Å². The van der Waals surface area contributed by atoms with Crippen molar-refractivity contribution in [2.75, 3.05) is 0 Å². The van der Waals surface area contributed by atoms with E-state index in [4.69, 9.17) is 23.2 Å². The van der Waals surface area contributed by atoms with E-state index in [2.05, 4.69) is 12.2 Å². The largest absolute Gasteiger partial charge is 0.350 e. The number of benzene rings is 1. The smallest absolute Gasteiger partial charge is 0.244 e. The second-order valence-electron chi connectivity index (χ2n) is 4.87. The lowest BCUT2D eigenvalue weighted by Gasteiger charge is -2.11. The van der Waals surface area contributed by atoms with Crippen molar-refractivity contribution in [2.45, 2.75) is 45.6 Å². The van der Waals surface area contributed by atoms with E-state index in [1.54, 1.807) is 24.3 Å². The Balaban J connectivity index is 2.51. The molecule has 0 aliphatic rings. The Morgan fingerprint density at radius 2 is 1.95 bits per heavy atom. The molecule has 0 saturated heterocycles. The molecule has 0 aliphatic carbocycles. The summed E-state index contributed by atoms with van der Waals surface area (Å²) in [6.45, 7) is 4.18. The highest BCUT2D eigenvalue weighted by molar-refractivity contribution is 6.37. The summed E-state index contributed by atoms with van der Waals surface area (Å²) < 4.78 is 0. The fraction of sp³-hybridized carbons (Fsp3) is 0.438. The van der Waals surface area contributed by atoms with Gasteiger partial charge in [-0.25, -0.2) is 0 Å². The molecular weight excluding hydrogens is 293 g/mol. The first kappa shape index (κ1) is 17.1. The summed E-state index contributed by atoms with van der Waals surface area (Å²) in [6, 6.07) is 5.45. The standard InChI is InChI=1S/C16H21Cl2NO/c1-3-4-5-7-12(2)19-16(20)11-10-13-14(17)8-6-9-15(13)18/h6,8-12H,3-5,7H2,1-2H3,(H,19,20). The summed E-state index contributed by atoms with van der Waals surface area (Å²) in [5, 5.41) is 4.01. The van der Waals surface area contributed by atoms with Crippen LogP contribution in [0.25, 0.3) is 6.08 Å². The molecule has 1 N–H and O–H groups in total. The van der Waals surface area contributed by atoms with Gasteiger partial charge in [-0.15, -0.1) is 0 Å². The van der Waals surface area contributed by atoms with Gasteiger partial charge in [-0.2, -0.15) is 0 Å². The third-order valence-corrected chi connectivity index (χ3v) is 3.69. The minimum atomic E-state index is -0.120. The lowest BCUT2D eigenvalue weighted by molar-refractivity contribution is -0.117. The number of hydrogen-bond acceptors (Lipinski definition) is 1. The molecule has 2 nitrogen and oxygen atoms in total. The normalized spacial score (nSPS) is 12.6. The van der Waals surface area contributed by atoms with E-state index in [1.807, 2.05) is 6.92 Å². The molecule has 0 aromatic heterocycles. The molecule has 110 valence electrons. The Hall–Kier alpha value is -0.990. The highest BCUT2D eigenvalue weighted by Gasteiger charge is 2.05. The van der Waals surface area contributed by atoms with Crippen LogP contribution < -0.4 is 5.32 Å². The number of carbonyl (C=O) groups is 1. The van der Waals surface area contributed by atoms with Gasteiger partial charge in [0.1, 0.15) is 0 Å². The SMILES string of the molecule is CCCCCC(C)NC(=O)C=Cc1c(Cl)cccc1Cl. The van der Waals surface area contributed by atoms with Crippen LogP contribution in [0.2, 0.25) is 10.0 Å². The maximum Gasteiger partial charge on any atom is 0.244 e. The molecule has 1 atom stereocenters. The molecule has 0 radical (unpaired) electrons. The fourth-order valence-electron chi connectivity index (χ4n) is 1.89. The summed E-state index contributed by atoms with van der Waals surface area (Å²) in [5.74, 6) is -0.120. The average Bonchev–Trinajstić information content (AvgIpc) is 2.38. The highest BCUT2D eigenvalue weighted by Crippen LogP contribution is 2.25. The quantitative estimate of drug-likeness (QED) is 0.551. The summed E-state index contributed by atoms with van der Waals surface area (Å²) in [5.41, 5.74) is 0.671. The van der Waals surface area contributed by atoms with E-state index in [1.165, 1.54) is 18.9 Å². The monoisotopic (exact) mass is 313 g/mol. The maximum absolute atomic E-state index is 11.8. The van der Waals surface area contributed by atoms with Crippen molar-refractivity contribution in [1.82, 2.24) is 5.32 Å². The van der Waals surface area contributed by atoms with E-state index in [-0.39, 0.29) is 11.9 Å². The van der Waals surface area contributed by atoms with Crippen molar-refractivity contribution in [3.63, 3.8) is 0 Å². The zero-order chi connectivity index (χ0) is 15.0. The third-order valence-electron chi connectivity index (χ3n) is 3.03. The van der Waals surface area contributed by atoms with Gasteiger partial charge in [-0.3, -0.25) is 4.79 Å². The van der Waals surface area contributed by atoms with E-state index >= 15 is 0 Å². The molecule has 1 unspecified atom stereocenters. The van der Waals surface area contributed by atoms with E-state index in [0.717, 1.165) is 12.8 Å². The third kappa shape index (κ3) is 5.98. The van der Waals surface area contributed by atoms with Gasteiger partial charge in [0.15, 0.2) is 0 Å². The van der Waals surface area contributed by atoms with Crippen molar-refractivity contribution in [3.8, 4) is 0 Å². The molecule has 1 rings (SSSR count). The Labute approximate surface area is 131 Å². The van der Waals surface area contributed by atoms with Gasteiger partial charge in [0.2, 0.25) is 5.91 Å². The number of amides is 1. The molecule has 20 heavy (non-hydrogen) atoms. The topological polar surface area (TPSA) is 29.1 Å². The Bertz CT molecular complexity index is 451. The zero-order valence-corrected chi connectivity index (χ0v) is 13.5. The number of carbonyl (C=O) groups excluding carboxylic acids is 1. The molecule has 0 saturated carbocycles. The number of halogens is 2. The van der Waals surface area contributed by atoms with Gasteiger partial charge in [0.05, 0.1) is 0 Å². The van der Waals surface area contributed by atoms with Gasteiger partial charge in [0, 0.05) is 27.7 Å². The molecule has 1 amide bonds. The van der Waals surface area contributed by atoms with E-state index < -0.39 is 0 Å². The number of unbranched alkanes of at least 4 members (excludes halogenated alkanes) is 2. The van der Waals surface area contributed by atoms with Crippen LogP contribution in [0.5, 0.6) is 0 Å². The van der Waals surface area contributed by atoms with Gasteiger partial charge in [0.25, 0.3) is 0 Å². The molecule has 0 spiro atoms. The van der Waals surface area contributed by atoms with Crippen LogP contribution in [-0.4, -0.2) is 11.9 Å². The summed E-state index contributed by atoms with van der Waals surface area (Å²) >= 11 is 12.1. The van der Waals surface area contributed by atoms with Crippen molar-refractivity contribution < 1.29 is 4.79 Å². The maximum atomic E-state index is 11.8. The number of rotatable bonds is 7. The van der Waals surface area contributed by atoms with Crippen LogP contribution in [0.4, 0.5) is 0 Å². The lowest BCUT2D eigenvalue weighted by atomic mass is 10.1. The Morgan fingerprint density at radius 1 is 1.30 bits per heavy atom. The van der Waals surface area contributed by atoms with Crippen LogP contribution in [-0.2, 0) is 4.79 Å². The molecule has 1 aromatic carbocycles. The zero-order valence-electron chi connectivity index (χ0n) is 12.0. The predicted octanol–water partition coefficient (Wildman–Crippen LogP) is 5.09. The predicted molar refractivity (Wildman–Crippen MR) is 87.2 cm³/mol. The van der Waals surface area contributed by atoms with E-state index in [9.17, 15) is 4.79 Å².